The van der Waals surface area contributed by atoms with E-state index in [0.717, 1.165) is 31.2 Å². The van der Waals surface area contributed by atoms with E-state index >= 15 is 0 Å². The number of carboxylic acid groups (broad SMARTS) is 1. The molecule has 3 nitrogen and oxygen atoms in total. The molecule has 1 unspecified atom stereocenters. The van der Waals surface area contributed by atoms with Crippen LogP contribution < -0.4 is 0 Å². The topological polar surface area (TPSA) is 57.5 Å². The highest BCUT2D eigenvalue weighted by atomic mass is 16.4. The first-order valence-electron chi connectivity index (χ1n) is 6.11. The Labute approximate surface area is 101 Å². The summed E-state index contributed by atoms with van der Waals surface area (Å²) in [6.07, 6.45) is 3.91. The lowest BCUT2D eigenvalue weighted by molar-refractivity contribution is -0.148. The summed E-state index contributed by atoms with van der Waals surface area (Å²) in [5, 5.41) is 19.3. The normalized spacial score (nSPS) is 20.1. The summed E-state index contributed by atoms with van der Waals surface area (Å²) < 4.78 is 0. The number of hydrogen-bond donors (Lipinski definition) is 2. The molecule has 0 aliphatic heterocycles. The Kier molecular flexibility index (Phi) is 3.48. The van der Waals surface area contributed by atoms with Crippen molar-refractivity contribution in [2.24, 2.45) is 5.92 Å². The van der Waals surface area contributed by atoms with Crippen LogP contribution in [0.4, 0.5) is 0 Å². The third kappa shape index (κ3) is 1.95. The van der Waals surface area contributed by atoms with E-state index in [1.165, 1.54) is 0 Å². The van der Waals surface area contributed by atoms with Gasteiger partial charge in [-0.2, -0.15) is 0 Å². The number of hydrogen-bond acceptors (Lipinski definition) is 2. The van der Waals surface area contributed by atoms with Crippen molar-refractivity contribution < 1.29 is 15.0 Å². The Balaban J connectivity index is 2.45. The molecule has 0 aromatic heterocycles. The van der Waals surface area contributed by atoms with Gasteiger partial charge in [-0.1, -0.05) is 43.2 Å². The SMILES string of the molecule is O=C(O)C(CO)(c1ccccc1)C1CCCC1. The molecule has 1 aromatic carbocycles. The largest absolute Gasteiger partial charge is 0.481 e. The molecule has 0 spiro atoms. The fourth-order valence-electron chi connectivity index (χ4n) is 2.98. The molecule has 17 heavy (non-hydrogen) atoms. The fraction of sp³-hybridized carbons (Fsp3) is 0.500. The van der Waals surface area contributed by atoms with E-state index in [-0.39, 0.29) is 12.5 Å². The van der Waals surface area contributed by atoms with Gasteiger partial charge in [0, 0.05) is 0 Å². The minimum Gasteiger partial charge on any atom is -0.481 e. The van der Waals surface area contributed by atoms with Gasteiger partial charge in [0.1, 0.15) is 5.41 Å². The second-order valence-electron chi connectivity index (χ2n) is 4.78. The van der Waals surface area contributed by atoms with Gasteiger partial charge < -0.3 is 10.2 Å². The Hall–Kier alpha value is -1.35. The number of carboxylic acids is 1. The lowest BCUT2D eigenvalue weighted by atomic mass is 9.70. The van der Waals surface area contributed by atoms with Crippen molar-refractivity contribution in [3.63, 3.8) is 0 Å². The zero-order chi connectivity index (χ0) is 12.3. The molecule has 1 aliphatic carbocycles. The van der Waals surface area contributed by atoms with Gasteiger partial charge in [-0.3, -0.25) is 4.79 Å². The Bertz CT molecular complexity index is 382. The molecule has 0 saturated heterocycles. The number of rotatable bonds is 4. The first-order valence-corrected chi connectivity index (χ1v) is 6.11. The van der Waals surface area contributed by atoms with Gasteiger partial charge in [-0.25, -0.2) is 0 Å². The maximum Gasteiger partial charge on any atom is 0.316 e. The standard InChI is InChI=1S/C14H18O3/c15-10-14(13(16)17,12-8-4-5-9-12)11-6-2-1-3-7-11/h1-3,6-7,12,15H,4-5,8-10H2,(H,16,17). The van der Waals surface area contributed by atoms with Crippen molar-refractivity contribution in [3.8, 4) is 0 Å². The highest BCUT2D eigenvalue weighted by Gasteiger charge is 2.47. The van der Waals surface area contributed by atoms with Crippen LogP contribution in [0.5, 0.6) is 0 Å². The molecule has 92 valence electrons. The van der Waals surface area contributed by atoms with Crippen LogP contribution >= 0.6 is 0 Å². The fourth-order valence-corrected chi connectivity index (χ4v) is 2.98. The summed E-state index contributed by atoms with van der Waals surface area (Å²) in [7, 11) is 0. The van der Waals surface area contributed by atoms with Crippen LogP contribution in [-0.2, 0) is 10.2 Å². The molecule has 2 N–H and O–H groups in total. The first kappa shape index (κ1) is 12.1. The van der Waals surface area contributed by atoms with E-state index < -0.39 is 11.4 Å². The predicted molar refractivity (Wildman–Crippen MR) is 64.8 cm³/mol. The van der Waals surface area contributed by atoms with Gasteiger partial charge in [-0.05, 0) is 24.3 Å². The van der Waals surface area contributed by atoms with E-state index in [4.69, 9.17) is 0 Å². The minimum atomic E-state index is -1.11. The van der Waals surface area contributed by atoms with Crippen molar-refractivity contribution in [3.05, 3.63) is 35.9 Å². The Morgan fingerprint density at radius 1 is 1.24 bits per heavy atom. The lowest BCUT2D eigenvalue weighted by Gasteiger charge is -2.33. The van der Waals surface area contributed by atoms with Gasteiger partial charge in [-0.15, -0.1) is 0 Å². The summed E-state index contributed by atoms with van der Waals surface area (Å²) in [5.74, 6) is -0.856. The molecule has 0 heterocycles. The second kappa shape index (κ2) is 4.88. The zero-order valence-electron chi connectivity index (χ0n) is 9.80. The van der Waals surface area contributed by atoms with Crippen molar-refractivity contribution in [2.45, 2.75) is 31.1 Å². The molecule has 1 atom stereocenters. The molecular formula is C14H18O3. The Morgan fingerprint density at radius 3 is 2.29 bits per heavy atom. The van der Waals surface area contributed by atoms with Crippen LogP contribution in [0.3, 0.4) is 0 Å². The maximum atomic E-state index is 11.7. The van der Waals surface area contributed by atoms with Gasteiger partial charge in [0.05, 0.1) is 6.61 Å². The van der Waals surface area contributed by atoms with Crippen LogP contribution in [-0.4, -0.2) is 22.8 Å². The van der Waals surface area contributed by atoms with Crippen LogP contribution in [0.25, 0.3) is 0 Å². The van der Waals surface area contributed by atoms with Gasteiger partial charge in [0.15, 0.2) is 0 Å². The molecule has 1 saturated carbocycles. The Morgan fingerprint density at radius 2 is 1.82 bits per heavy atom. The number of aliphatic carboxylic acids is 1. The molecule has 0 amide bonds. The van der Waals surface area contributed by atoms with Gasteiger partial charge in [0.25, 0.3) is 0 Å². The number of aliphatic hydroxyl groups excluding tert-OH is 1. The van der Waals surface area contributed by atoms with Crippen LogP contribution in [0.15, 0.2) is 30.3 Å². The van der Waals surface area contributed by atoms with E-state index in [0.29, 0.717) is 0 Å². The van der Waals surface area contributed by atoms with Gasteiger partial charge >= 0.3 is 5.97 Å². The van der Waals surface area contributed by atoms with E-state index in [2.05, 4.69) is 0 Å². The number of aliphatic hydroxyl groups is 1. The second-order valence-corrected chi connectivity index (χ2v) is 4.78. The molecule has 0 bridgehead atoms. The summed E-state index contributed by atoms with van der Waals surface area (Å²) >= 11 is 0. The first-order chi connectivity index (χ1) is 8.21. The zero-order valence-corrected chi connectivity index (χ0v) is 9.80. The summed E-state index contributed by atoms with van der Waals surface area (Å²) in [4.78, 5) is 11.7. The van der Waals surface area contributed by atoms with E-state index in [1.807, 2.05) is 30.3 Å². The van der Waals surface area contributed by atoms with Crippen LogP contribution in [0, 0.1) is 5.92 Å². The average molecular weight is 234 g/mol. The predicted octanol–water partition coefficient (Wildman–Crippen LogP) is 2.19. The maximum absolute atomic E-state index is 11.7. The third-order valence-electron chi connectivity index (χ3n) is 3.97. The molecule has 2 rings (SSSR count). The van der Waals surface area contributed by atoms with E-state index in [9.17, 15) is 15.0 Å². The molecular weight excluding hydrogens is 216 g/mol. The minimum absolute atomic E-state index is 0.0485. The van der Waals surface area contributed by atoms with Crippen molar-refractivity contribution in [2.75, 3.05) is 6.61 Å². The summed E-state index contributed by atoms with van der Waals surface area (Å²) in [6, 6.07) is 9.14. The quantitative estimate of drug-likeness (QED) is 0.839. The molecule has 3 heteroatoms. The van der Waals surface area contributed by atoms with Crippen molar-refractivity contribution in [1.29, 1.82) is 0 Å². The molecule has 1 aromatic rings. The average Bonchev–Trinajstić information content (AvgIpc) is 2.86. The highest BCUT2D eigenvalue weighted by molar-refractivity contribution is 5.82. The molecule has 1 fully saturated rings. The van der Waals surface area contributed by atoms with Crippen LogP contribution in [0.2, 0.25) is 0 Å². The third-order valence-corrected chi connectivity index (χ3v) is 3.97. The molecule has 0 radical (unpaired) electrons. The highest BCUT2D eigenvalue weighted by Crippen LogP contribution is 2.42. The summed E-state index contributed by atoms with van der Waals surface area (Å²) in [5.41, 5.74) is -0.389. The molecule has 1 aliphatic rings. The summed E-state index contributed by atoms with van der Waals surface area (Å²) in [6.45, 7) is -0.322. The smallest absolute Gasteiger partial charge is 0.316 e. The van der Waals surface area contributed by atoms with Gasteiger partial charge in [0.2, 0.25) is 0 Å². The monoisotopic (exact) mass is 234 g/mol. The van der Waals surface area contributed by atoms with E-state index in [1.54, 1.807) is 0 Å². The number of benzene rings is 1. The van der Waals surface area contributed by atoms with Crippen molar-refractivity contribution >= 4 is 5.97 Å². The van der Waals surface area contributed by atoms with Crippen molar-refractivity contribution in [1.82, 2.24) is 0 Å². The lowest BCUT2D eigenvalue weighted by Crippen LogP contribution is -2.45. The van der Waals surface area contributed by atoms with Crippen LogP contribution in [0.1, 0.15) is 31.2 Å². The number of carbonyl (C=O) groups is 1.